The van der Waals surface area contributed by atoms with Crippen LogP contribution in [0.5, 0.6) is 0 Å². The summed E-state index contributed by atoms with van der Waals surface area (Å²) in [5, 5.41) is 3.26. The van der Waals surface area contributed by atoms with Crippen LogP contribution < -0.4 is 5.32 Å². The Hall–Kier alpha value is -0.300. The number of alkyl halides is 3. The summed E-state index contributed by atoms with van der Waals surface area (Å²) in [6.45, 7) is 5.50. The molecule has 1 aliphatic rings. The number of halogens is 5. The lowest BCUT2D eigenvalue weighted by molar-refractivity contribution is -0.137. The summed E-state index contributed by atoms with van der Waals surface area (Å²) in [6, 6.07) is 3.93. The summed E-state index contributed by atoms with van der Waals surface area (Å²) in [5.74, 6) is 0. The first-order valence-corrected chi connectivity index (χ1v) is 7.54. The third-order valence-corrected chi connectivity index (χ3v) is 4.38. The second-order valence-electron chi connectivity index (χ2n) is 4.94. The van der Waals surface area contributed by atoms with Crippen LogP contribution in [0.4, 0.5) is 13.2 Å². The lowest BCUT2D eigenvalue weighted by Gasteiger charge is -2.35. The molecule has 0 amide bonds. The van der Waals surface area contributed by atoms with Gasteiger partial charge in [0.15, 0.2) is 0 Å². The summed E-state index contributed by atoms with van der Waals surface area (Å²) in [4.78, 5) is 2.25. The van der Waals surface area contributed by atoms with Crippen LogP contribution in [0.1, 0.15) is 30.5 Å². The van der Waals surface area contributed by atoms with Gasteiger partial charge in [-0.1, -0.05) is 22.9 Å². The van der Waals surface area contributed by atoms with Gasteiger partial charge in [-0.3, -0.25) is 4.90 Å². The molecule has 0 saturated carbocycles. The Kier molecular flexibility index (Phi) is 6.97. The van der Waals surface area contributed by atoms with Crippen molar-refractivity contribution in [2.75, 3.05) is 26.2 Å². The van der Waals surface area contributed by atoms with Gasteiger partial charge in [-0.15, -0.1) is 12.4 Å². The van der Waals surface area contributed by atoms with Crippen molar-refractivity contribution in [3.8, 4) is 0 Å². The predicted octanol–water partition coefficient (Wildman–Crippen LogP) is 4.25. The van der Waals surface area contributed by atoms with E-state index in [0.29, 0.717) is 0 Å². The zero-order chi connectivity index (χ0) is 14.8. The molecule has 1 aliphatic heterocycles. The number of nitrogens with one attached hydrogen (secondary N) is 1. The lowest BCUT2D eigenvalue weighted by atomic mass is 9.99. The highest BCUT2D eigenvalue weighted by Gasteiger charge is 2.32. The molecule has 0 bridgehead atoms. The van der Waals surface area contributed by atoms with Gasteiger partial charge in [-0.05, 0) is 30.2 Å². The number of nitrogens with zero attached hydrogens (tertiary/aromatic N) is 1. The lowest BCUT2D eigenvalue weighted by Crippen LogP contribution is -2.45. The van der Waals surface area contributed by atoms with Gasteiger partial charge in [0.25, 0.3) is 0 Å². The summed E-state index contributed by atoms with van der Waals surface area (Å²) >= 11 is 3.40. The third kappa shape index (κ3) is 4.58. The van der Waals surface area contributed by atoms with Crippen LogP contribution >= 0.6 is 28.3 Å². The van der Waals surface area contributed by atoms with E-state index in [-0.39, 0.29) is 18.4 Å². The van der Waals surface area contributed by atoms with E-state index in [4.69, 9.17) is 0 Å². The minimum atomic E-state index is -4.29. The molecule has 2 rings (SSSR count). The molecule has 0 aliphatic carbocycles. The van der Waals surface area contributed by atoms with Crippen molar-refractivity contribution in [2.45, 2.75) is 25.6 Å². The van der Waals surface area contributed by atoms with Gasteiger partial charge >= 0.3 is 6.18 Å². The molecule has 1 heterocycles. The number of piperazine rings is 1. The molecule has 120 valence electrons. The molecule has 0 spiro atoms. The van der Waals surface area contributed by atoms with Crippen LogP contribution in [0.15, 0.2) is 22.7 Å². The first kappa shape index (κ1) is 18.7. The first-order valence-electron chi connectivity index (χ1n) is 6.75. The highest BCUT2D eigenvalue weighted by atomic mass is 79.9. The predicted molar refractivity (Wildman–Crippen MR) is 83.9 cm³/mol. The van der Waals surface area contributed by atoms with Crippen molar-refractivity contribution >= 4 is 28.3 Å². The molecule has 1 atom stereocenters. The molecule has 0 unspecified atom stereocenters. The summed E-state index contributed by atoms with van der Waals surface area (Å²) in [7, 11) is 0. The van der Waals surface area contributed by atoms with Crippen LogP contribution in [0, 0.1) is 0 Å². The maximum absolute atomic E-state index is 12.9. The summed E-state index contributed by atoms with van der Waals surface area (Å²) in [5.41, 5.74) is 0.147. The zero-order valence-electron chi connectivity index (χ0n) is 11.7. The molecule has 1 saturated heterocycles. The average molecular weight is 388 g/mol. The fourth-order valence-electron chi connectivity index (χ4n) is 2.64. The molecule has 0 radical (unpaired) electrons. The van der Waals surface area contributed by atoms with Gasteiger partial charge in [0.1, 0.15) is 0 Å². The maximum Gasteiger partial charge on any atom is 0.416 e. The van der Waals surface area contributed by atoms with E-state index >= 15 is 0 Å². The van der Waals surface area contributed by atoms with Crippen LogP contribution in [-0.2, 0) is 6.18 Å². The zero-order valence-corrected chi connectivity index (χ0v) is 14.1. The molecule has 0 aromatic heterocycles. The smallest absolute Gasteiger partial charge is 0.314 e. The Labute approximate surface area is 137 Å². The average Bonchev–Trinajstić information content (AvgIpc) is 2.41. The summed E-state index contributed by atoms with van der Waals surface area (Å²) in [6.07, 6.45) is -3.50. The molecule has 1 fully saturated rings. The van der Waals surface area contributed by atoms with Crippen LogP contribution in [0.3, 0.4) is 0 Å². The highest BCUT2D eigenvalue weighted by molar-refractivity contribution is 9.10. The molecule has 2 nitrogen and oxygen atoms in total. The number of hydrogen-bond donors (Lipinski definition) is 1. The topological polar surface area (TPSA) is 15.3 Å². The van der Waals surface area contributed by atoms with Crippen LogP contribution in [0.2, 0.25) is 0 Å². The fraction of sp³-hybridized carbons (Fsp3) is 0.571. The Morgan fingerprint density at radius 1 is 1.29 bits per heavy atom. The van der Waals surface area contributed by atoms with E-state index in [1.165, 1.54) is 12.1 Å². The van der Waals surface area contributed by atoms with Gasteiger partial charge in [-0.25, -0.2) is 0 Å². The quantitative estimate of drug-likeness (QED) is 0.834. The minimum absolute atomic E-state index is 0. The molecule has 1 aromatic carbocycles. The van der Waals surface area contributed by atoms with E-state index < -0.39 is 11.7 Å². The Balaban J connectivity index is 0.00000220. The van der Waals surface area contributed by atoms with Crippen LogP contribution in [-0.4, -0.2) is 31.1 Å². The standard InChI is InChI=1S/C14H18BrF3N2.ClH/c1-2-13(20-7-5-19-6-8-20)11-9-10(14(16,17)18)3-4-12(11)15;/h3-4,9,13,19H,2,5-8H2,1H3;1H/t13-;/m0./s1. The maximum atomic E-state index is 12.9. The number of benzene rings is 1. The molecular formula is C14H19BrClF3N2. The van der Waals surface area contributed by atoms with Crippen molar-refractivity contribution in [2.24, 2.45) is 0 Å². The van der Waals surface area contributed by atoms with E-state index in [9.17, 15) is 13.2 Å². The van der Waals surface area contributed by atoms with Gasteiger partial charge in [0.2, 0.25) is 0 Å². The minimum Gasteiger partial charge on any atom is -0.314 e. The number of hydrogen-bond acceptors (Lipinski definition) is 2. The van der Waals surface area contributed by atoms with Gasteiger partial charge in [-0.2, -0.15) is 13.2 Å². The fourth-order valence-corrected chi connectivity index (χ4v) is 3.15. The first-order chi connectivity index (χ1) is 9.43. The molecular weight excluding hydrogens is 369 g/mol. The Bertz CT molecular complexity index is 462. The van der Waals surface area contributed by atoms with Gasteiger partial charge < -0.3 is 5.32 Å². The van der Waals surface area contributed by atoms with Crippen molar-refractivity contribution in [3.05, 3.63) is 33.8 Å². The monoisotopic (exact) mass is 386 g/mol. The van der Waals surface area contributed by atoms with Gasteiger partial charge in [0.05, 0.1) is 5.56 Å². The second-order valence-corrected chi connectivity index (χ2v) is 5.80. The summed E-state index contributed by atoms with van der Waals surface area (Å²) < 4.78 is 39.4. The highest BCUT2D eigenvalue weighted by Crippen LogP contribution is 2.36. The molecule has 21 heavy (non-hydrogen) atoms. The Morgan fingerprint density at radius 3 is 2.43 bits per heavy atom. The number of rotatable bonds is 3. The molecule has 1 N–H and O–H groups in total. The molecule has 1 aromatic rings. The molecule has 7 heteroatoms. The van der Waals surface area contributed by atoms with Crippen LogP contribution in [0.25, 0.3) is 0 Å². The Morgan fingerprint density at radius 2 is 1.90 bits per heavy atom. The van der Waals surface area contributed by atoms with Crippen molar-refractivity contribution in [1.29, 1.82) is 0 Å². The van der Waals surface area contributed by atoms with E-state index in [1.54, 1.807) is 0 Å². The normalized spacial score (nSPS) is 18.1. The SMILES string of the molecule is CC[C@@H](c1cc(C(F)(F)F)ccc1Br)N1CCNCC1.Cl. The second kappa shape index (κ2) is 7.81. The van der Waals surface area contributed by atoms with E-state index in [2.05, 4.69) is 26.1 Å². The van der Waals surface area contributed by atoms with Crippen molar-refractivity contribution in [3.63, 3.8) is 0 Å². The largest absolute Gasteiger partial charge is 0.416 e. The van der Waals surface area contributed by atoms with Crippen molar-refractivity contribution in [1.82, 2.24) is 10.2 Å². The van der Waals surface area contributed by atoms with E-state index in [1.807, 2.05) is 6.92 Å². The van der Waals surface area contributed by atoms with E-state index in [0.717, 1.165) is 48.7 Å². The third-order valence-electron chi connectivity index (χ3n) is 3.66. The van der Waals surface area contributed by atoms with Gasteiger partial charge in [0, 0.05) is 36.7 Å². The van der Waals surface area contributed by atoms with Crippen molar-refractivity contribution < 1.29 is 13.2 Å².